The summed E-state index contributed by atoms with van der Waals surface area (Å²) in [6.07, 6.45) is 1.08. The average Bonchev–Trinajstić information content (AvgIpc) is 2.81. The molecule has 1 heterocycles. The number of amides is 1. The topological polar surface area (TPSA) is 58.4 Å². The van der Waals surface area contributed by atoms with Crippen LogP contribution in [0.25, 0.3) is 0 Å². The molecule has 0 bridgehead atoms. The van der Waals surface area contributed by atoms with Gasteiger partial charge in [-0.1, -0.05) is 17.7 Å². The number of benzene rings is 1. The molecule has 1 aliphatic rings. The molecule has 1 aromatic carbocycles. The fraction of sp³-hybridized carbons (Fsp3) is 0.500. The minimum absolute atomic E-state index is 0.00281. The highest BCUT2D eigenvalue weighted by atomic mass is 35.5. The van der Waals surface area contributed by atoms with Gasteiger partial charge in [-0.3, -0.25) is 9.69 Å². The number of nitrogens with one attached hydrogen (secondary N) is 1. The first kappa shape index (κ1) is 14.3. The van der Waals surface area contributed by atoms with Gasteiger partial charge in [0.25, 0.3) is 0 Å². The van der Waals surface area contributed by atoms with Crippen molar-refractivity contribution >= 4 is 23.2 Å². The van der Waals surface area contributed by atoms with E-state index in [0.29, 0.717) is 24.0 Å². The summed E-state index contributed by atoms with van der Waals surface area (Å²) < 4.78 is 0. The monoisotopic (exact) mass is 281 g/mol. The van der Waals surface area contributed by atoms with Gasteiger partial charge >= 0.3 is 0 Å². The third-order valence-electron chi connectivity index (χ3n) is 3.54. The molecule has 1 aliphatic heterocycles. The number of likely N-dealkylation sites (tertiary alicyclic amines) is 1. The third-order valence-corrected chi connectivity index (χ3v) is 3.78. The number of aryl methyl sites for hydroxylation is 1. The van der Waals surface area contributed by atoms with Crippen molar-refractivity contribution in [1.29, 1.82) is 0 Å². The molecule has 5 heteroatoms. The Balaban J connectivity index is 1.89. The fourth-order valence-corrected chi connectivity index (χ4v) is 2.54. The second kappa shape index (κ2) is 6.37. The molecule has 3 N–H and O–H groups in total. The van der Waals surface area contributed by atoms with Gasteiger partial charge in [0.2, 0.25) is 5.91 Å². The summed E-state index contributed by atoms with van der Waals surface area (Å²) >= 11 is 5.93. The zero-order chi connectivity index (χ0) is 13.8. The molecule has 104 valence electrons. The van der Waals surface area contributed by atoms with Crippen LogP contribution in [0.3, 0.4) is 0 Å². The lowest BCUT2D eigenvalue weighted by molar-refractivity contribution is -0.117. The van der Waals surface area contributed by atoms with E-state index in [2.05, 4.69) is 10.2 Å². The van der Waals surface area contributed by atoms with Crippen LogP contribution < -0.4 is 11.1 Å². The van der Waals surface area contributed by atoms with Crippen LogP contribution in [0.4, 0.5) is 5.69 Å². The van der Waals surface area contributed by atoms with Crippen LogP contribution in [-0.2, 0) is 4.79 Å². The first-order valence-electron chi connectivity index (χ1n) is 6.57. The maximum atomic E-state index is 12.0. The lowest BCUT2D eigenvalue weighted by Crippen LogP contribution is -2.32. The van der Waals surface area contributed by atoms with Crippen molar-refractivity contribution in [3.8, 4) is 0 Å². The molecule has 0 radical (unpaired) electrons. The Morgan fingerprint density at radius 3 is 3.05 bits per heavy atom. The van der Waals surface area contributed by atoms with E-state index >= 15 is 0 Å². The standard InChI is InChI=1S/C14H20ClN3O/c1-10-2-3-12(15)6-13(10)17-14(19)9-18-5-4-11(7-16)8-18/h2-3,6,11H,4-5,7-9,16H2,1H3,(H,17,19). The zero-order valence-corrected chi connectivity index (χ0v) is 11.9. The molecule has 2 rings (SSSR count). The zero-order valence-electron chi connectivity index (χ0n) is 11.2. The first-order valence-corrected chi connectivity index (χ1v) is 6.94. The molecule has 1 saturated heterocycles. The van der Waals surface area contributed by atoms with Gasteiger partial charge in [-0.15, -0.1) is 0 Å². The van der Waals surface area contributed by atoms with Crippen LogP contribution in [0.5, 0.6) is 0 Å². The highest BCUT2D eigenvalue weighted by Gasteiger charge is 2.22. The Hall–Kier alpha value is -1.10. The number of carbonyl (C=O) groups is 1. The second-order valence-electron chi connectivity index (χ2n) is 5.13. The number of anilines is 1. The van der Waals surface area contributed by atoms with Gasteiger partial charge in [-0.2, -0.15) is 0 Å². The van der Waals surface area contributed by atoms with Crippen molar-refractivity contribution in [3.63, 3.8) is 0 Å². The maximum absolute atomic E-state index is 12.0. The van der Waals surface area contributed by atoms with E-state index in [1.165, 1.54) is 0 Å². The summed E-state index contributed by atoms with van der Waals surface area (Å²) in [5.41, 5.74) is 7.44. The average molecular weight is 282 g/mol. The van der Waals surface area contributed by atoms with Gasteiger partial charge in [-0.05, 0) is 50.0 Å². The molecular weight excluding hydrogens is 262 g/mol. The Morgan fingerprint density at radius 1 is 1.58 bits per heavy atom. The van der Waals surface area contributed by atoms with Crippen LogP contribution in [-0.4, -0.2) is 37.0 Å². The number of rotatable bonds is 4. The largest absolute Gasteiger partial charge is 0.330 e. The summed E-state index contributed by atoms with van der Waals surface area (Å²) in [7, 11) is 0. The molecular formula is C14H20ClN3O. The van der Waals surface area contributed by atoms with Gasteiger partial charge in [0.05, 0.1) is 6.54 Å². The van der Waals surface area contributed by atoms with E-state index in [4.69, 9.17) is 17.3 Å². The van der Waals surface area contributed by atoms with Gasteiger partial charge < -0.3 is 11.1 Å². The van der Waals surface area contributed by atoms with Gasteiger partial charge in [0.1, 0.15) is 0 Å². The van der Waals surface area contributed by atoms with E-state index in [1.807, 2.05) is 19.1 Å². The van der Waals surface area contributed by atoms with Gasteiger partial charge in [0, 0.05) is 17.3 Å². The molecule has 1 atom stereocenters. The molecule has 0 aromatic heterocycles. The number of nitrogens with zero attached hydrogens (tertiary/aromatic N) is 1. The molecule has 0 saturated carbocycles. The number of hydrogen-bond acceptors (Lipinski definition) is 3. The lowest BCUT2D eigenvalue weighted by atomic mass is 10.1. The van der Waals surface area contributed by atoms with Crippen LogP contribution in [0.1, 0.15) is 12.0 Å². The summed E-state index contributed by atoms with van der Waals surface area (Å²) in [5.74, 6) is 0.531. The highest BCUT2D eigenvalue weighted by molar-refractivity contribution is 6.31. The minimum Gasteiger partial charge on any atom is -0.330 e. The summed E-state index contributed by atoms with van der Waals surface area (Å²) in [6.45, 7) is 4.93. The predicted octanol–water partition coefficient (Wildman–Crippen LogP) is 1.87. The van der Waals surface area contributed by atoms with Crippen molar-refractivity contribution in [1.82, 2.24) is 4.90 Å². The van der Waals surface area contributed by atoms with E-state index in [0.717, 1.165) is 30.8 Å². The smallest absolute Gasteiger partial charge is 0.238 e. The molecule has 0 aliphatic carbocycles. The van der Waals surface area contributed by atoms with Crippen LogP contribution in [0, 0.1) is 12.8 Å². The molecule has 1 amide bonds. The SMILES string of the molecule is Cc1ccc(Cl)cc1NC(=O)CN1CCC(CN)C1. The Bertz CT molecular complexity index is 464. The summed E-state index contributed by atoms with van der Waals surface area (Å²) in [5, 5.41) is 3.54. The normalized spacial score (nSPS) is 19.6. The molecule has 0 spiro atoms. The molecule has 1 aromatic rings. The van der Waals surface area contributed by atoms with Crippen LogP contribution >= 0.6 is 11.6 Å². The molecule has 1 fully saturated rings. The molecule has 19 heavy (non-hydrogen) atoms. The van der Waals surface area contributed by atoms with E-state index in [-0.39, 0.29) is 5.91 Å². The van der Waals surface area contributed by atoms with Crippen molar-refractivity contribution in [3.05, 3.63) is 28.8 Å². The maximum Gasteiger partial charge on any atom is 0.238 e. The Morgan fingerprint density at radius 2 is 2.37 bits per heavy atom. The van der Waals surface area contributed by atoms with Crippen LogP contribution in [0.2, 0.25) is 5.02 Å². The lowest BCUT2D eigenvalue weighted by Gasteiger charge is -2.16. The minimum atomic E-state index is 0.00281. The van der Waals surface area contributed by atoms with Crippen molar-refractivity contribution in [2.24, 2.45) is 11.7 Å². The number of carbonyl (C=O) groups excluding carboxylic acids is 1. The Kier molecular flexibility index (Phi) is 4.80. The quantitative estimate of drug-likeness (QED) is 0.886. The fourth-order valence-electron chi connectivity index (χ4n) is 2.37. The number of hydrogen-bond donors (Lipinski definition) is 2. The van der Waals surface area contributed by atoms with Gasteiger partial charge in [-0.25, -0.2) is 0 Å². The summed E-state index contributed by atoms with van der Waals surface area (Å²) in [4.78, 5) is 14.1. The highest BCUT2D eigenvalue weighted by Crippen LogP contribution is 2.20. The van der Waals surface area contributed by atoms with Crippen molar-refractivity contribution < 1.29 is 4.79 Å². The molecule has 1 unspecified atom stereocenters. The van der Waals surface area contributed by atoms with E-state index in [9.17, 15) is 4.79 Å². The third kappa shape index (κ3) is 3.93. The predicted molar refractivity (Wildman–Crippen MR) is 78.4 cm³/mol. The van der Waals surface area contributed by atoms with E-state index < -0.39 is 0 Å². The molecule has 4 nitrogen and oxygen atoms in total. The van der Waals surface area contributed by atoms with Crippen LogP contribution in [0.15, 0.2) is 18.2 Å². The Labute approximate surface area is 118 Å². The van der Waals surface area contributed by atoms with Gasteiger partial charge in [0.15, 0.2) is 0 Å². The number of nitrogens with two attached hydrogens (primary N) is 1. The first-order chi connectivity index (χ1) is 9.08. The second-order valence-corrected chi connectivity index (χ2v) is 5.57. The number of halogens is 1. The van der Waals surface area contributed by atoms with E-state index in [1.54, 1.807) is 6.07 Å². The van der Waals surface area contributed by atoms with Crippen molar-refractivity contribution in [2.75, 3.05) is 31.5 Å². The van der Waals surface area contributed by atoms with Crippen molar-refractivity contribution in [2.45, 2.75) is 13.3 Å². The summed E-state index contributed by atoms with van der Waals surface area (Å²) in [6, 6.07) is 5.50.